The smallest absolute Gasteiger partial charge is 0.323 e. The quantitative estimate of drug-likeness (QED) is 0.942. The molecule has 1 N–H and O–H groups in total. The van der Waals surface area contributed by atoms with E-state index >= 15 is 0 Å². The highest BCUT2D eigenvalue weighted by Gasteiger charge is 2.32. The van der Waals surface area contributed by atoms with Gasteiger partial charge in [0.15, 0.2) is 0 Å². The van der Waals surface area contributed by atoms with Crippen LogP contribution < -0.4 is 10.1 Å². The second kappa shape index (κ2) is 6.13. The average Bonchev–Trinajstić information content (AvgIpc) is 3.18. The van der Waals surface area contributed by atoms with Crippen molar-refractivity contribution in [1.29, 1.82) is 0 Å². The molecule has 0 spiro atoms. The van der Waals surface area contributed by atoms with Gasteiger partial charge in [0, 0.05) is 18.0 Å². The van der Waals surface area contributed by atoms with Crippen LogP contribution in [0.3, 0.4) is 0 Å². The first-order valence-electron chi connectivity index (χ1n) is 6.64. The molecule has 2 amide bonds. The predicted octanol–water partition coefficient (Wildman–Crippen LogP) is 3.57. The highest BCUT2D eigenvalue weighted by atomic mass is 32.2. The monoisotopic (exact) mass is 304 g/mol. The van der Waals surface area contributed by atoms with Crippen LogP contribution in [0.5, 0.6) is 5.75 Å². The fourth-order valence-corrected chi connectivity index (χ4v) is 3.42. The van der Waals surface area contributed by atoms with Crippen LogP contribution in [0.15, 0.2) is 47.1 Å². The number of thioether (sulfide) groups is 1. The number of anilines is 1. The van der Waals surface area contributed by atoms with Crippen molar-refractivity contribution in [2.24, 2.45) is 0 Å². The number of urea groups is 1. The summed E-state index contributed by atoms with van der Waals surface area (Å²) in [5.74, 6) is 2.47. The van der Waals surface area contributed by atoms with Gasteiger partial charge in [-0.25, -0.2) is 4.79 Å². The molecule has 0 bridgehead atoms. The summed E-state index contributed by atoms with van der Waals surface area (Å²) in [6, 6.07) is 10.9. The number of nitrogens with one attached hydrogen (secondary N) is 1. The van der Waals surface area contributed by atoms with Crippen LogP contribution in [0.1, 0.15) is 11.1 Å². The number of hydrogen-bond donors (Lipinski definition) is 1. The Morgan fingerprint density at radius 3 is 2.86 bits per heavy atom. The maximum absolute atomic E-state index is 12.4. The van der Waals surface area contributed by atoms with E-state index in [1.807, 2.05) is 36.4 Å². The number of rotatable bonds is 3. The number of carbonyl (C=O) groups is 1. The third-order valence-electron chi connectivity index (χ3n) is 3.28. The van der Waals surface area contributed by atoms with E-state index in [1.54, 1.807) is 30.0 Å². The van der Waals surface area contributed by atoms with Gasteiger partial charge >= 0.3 is 6.03 Å². The SMILES string of the molecule is COc1ccc(NC(=O)N2CCS[C@@H]2c2ccco2)cc1. The van der Waals surface area contributed by atoms with Crippen LogP contribution in [0.25, 0.3) is 0 Å². The zero-order valence-corrected chi connectivity index (χ0v) is 12.4. The molecule has 2 heterocycles. The lowest BCUT2D eigenvalue weighted by Gasteiger charge is -2.22. The highest BCUT2D eigenvalue weighted by Crippen LogP contribution is 2.38. The average molecular weight is 304 g/mol. The molecule has 0 unspecified atom stereocenters. The Morgan fingerprint density at radius 1 is 1.38 bits per heavy atom. The van der Waals surface area contributed by atoms with Crippen molar-refractivity contribution in [1.82, 2.24) is 4.90 Å². The minimum Gasteiger partial charge on any atom is -0.497 e. The molecule has 5 nitrogen and oxygen atoms in total. The van der Waals surface area contributed by atoms with Gasteiger partial charge in [-0.15, -0.1) is 11.8 Å². The van der Waals surface area contributed by atoms with E-state index in [0.29, 0.717) is 6.54 Å². The van der Waals surface area contributed by atoms with Gasteiger partial charge in [0.25, 0.3) is 0 Å². The van der Waals surface area contributed by atoms with Crippen molar-refractivity contribution in [3.63, 3.8) is 0 Å². The molecule has 1 aromatic carbocycles. The van der Waals surface area contributed by atoms with E-state index in [2.05, 4.69) is 5.32 Å². The zero-order chi connectivity index (χ0) is 14.7. The van der Waals surface area contributed by atoms with E-state index in [9.17, 15) is 4.79 Å². The molecule has 1 fully saturated rings. The summed E-state index contributed by atoms with van der Waals surface area (Å²) < 4.78 is 10.5. The van der Waals surface area contributed by atoms with E-state index in [1.165, 1.54) is 0 Å². The minimum atomic E-state index is -0.119. The van der Waals surface area contributed by atoms with Crippen LogP contribution in [-0.2, 0) is 0 Å². The number of amides is 2. The van der Waals surface area contributed by atoms with Gasteiger partial charge in [0.05, 0.1) is 13.4 Å². The summed E-state index contributed by atoms with van der Waals surface area (Å²) in [5, 5.41) is 2.85. The Kier molecular flexibility index (Phi) is 4.06. The first-order valence-corrected chi connectivity index (χ1v) is 7.69. The minimum absolute atomic E-state index is 0.0572. The van der Waals surface area contributed by atoms with E-state index in [0.717, 1.165) is 22.9 Å². The van der Waals surface area contributed by atoms with Crippen molar-refractivity contribution >= 4 is 23.5 Å². The Morgan fingerprint density at radius 2 is 2.19 bits per heavy atom. The molecule has 1 aromatic heterocycles. The number of furan rings is 1. The third kappa shape index (κ3) is 3.00. The molecule has 110 valence electrons. The largest absolute Gasteiger partial charge is 0.497 e. The molecular weight excluding hydrogens is 288 g/mol. The first kappa shape index (κ1) is 13.9. The molecule has 21 heavy (non-hydrogen) atoms. The van der Waals surface area contributed by atoms with E-state index < -0.39 is 0 Å². The van der Waals surface area contributed by atoms with Crippen LogP contribution in [0, 0.1) is 0 Å². The van der Waals surface area contributed by atoms with Crippen molar-refractivity contribution in [3.05, 3.63) is 48.4 Å². The van der Waals surface area contributed by atoms with Crippen LogP contribution >= 0.6 is 11.8 Å². The molecule has 2 aromatic rings. The number of hydrogen-bond acceptors (Lipinski definition) is 4. The van der Waals surface area contributed by atoms with Crippen molar-refractivity contribution in [2.45, 2.75) is 5.37 Å². The zero-order valence-electron chi connectivity index (χ0n) is 11.6. The Bertz CT molecular complexity index is 598. The molecule has 6 heteroatoms. The summed E-state index contributed by atoms with van der Waals surface area (Å²) in [6.07, 6.45) is 1.63. The summed E-state index contributed by atoms with van der Waals surface area (Å²) in [6.45, 7) is 0.706. The van der Waals surface area contributed by atoms with Gasteiger partial charge in [-0.05, 0) is 36.4 Å². The van der Waals surface area contributed by atoms with Gasteiger partial charge < -0.3 is 19.4 Å². The number of nitrogens with zero attached hydrogens (tertiary/aromatic N) is 1. The second-order valence-electron chi connectivity index (χ2n) is 4.59. The Balaban J connectivity index is 1.69. The standard InChI is InChI=1S/C15H16N2O3S/c1-19-12-6-4-11(5-7-12)16-15(18)17-8-10-21-14(17)13-3-2-9-20-13/h2-7,9,14H,8,10H2,1H3,(H,16,18)/t14-/m1/s1. The molecule has 0 radical (unpaired) electrons. The number of benzene rings is 1. The number of carbonyl (C=O) groups excluding carboxylic acids is 1. The maximum Gasteiger partial charge on any atom is 0.323 e. The van der Waals surface area contributed by atoms with Gasteiger partial charge in [-0.1, -0.05) is 0 Å². The lowest BCUT2D eigenvalue weighted by atomic mass is 10.3. The Hall–Kier alpha value is -2.08. The molecule has 1 aliphatic rings. The summed E-state index contributed by atoms with van der Waals surface area (Å²) in [7, 11) is 1.61. The normalized spacial score (nSPS) is 17.8. The lowest BCUT2D eigenvalue weighted by molar-refractivity contribution is 0.209. The maximum atomic E-state index is 12.4. The van der Waals surface area contributed by atoms with E-state index in [-0.39, 0.29) is 11.4 Å². The summed E-state index contributed by atoms with van der Waals surface area (Å²) in [4.78, 5) is 14.2. The molecule has 0 aliphatic carbocycles. The fourth-order valence-electron chi connectivity index (χ4n) is 2.22. The van der Waals surface area contributed by atoms with Crippen LogP contribution in [0.2, 0.25) is 0 Å². The van der Waals surface area contributed by atoms with Gasteiger partial charge in [0.1, 0.15) is 16.9 Å². The molecule has 3 rings (SSSR count). The second-order valence-corrected chi connectivity index (χ2v) is 5.78. The summed E-state index contributed by atoms with van der Waals surface area (Å²) in [5.41, 5.74) is 0.746. The van der Waals surface area contributed by atoms with Gasteiger partial charge in [0.2, 0.25) is 0 Å². The Labute approximate surface area is 127 Å². The lowest BCUT2D eigenvalue weighted by Crippen LogP contribution is -2.34. The number of methoxy groups -OCH3 is 1. The van der Waals surface area contributed by atoms with Crippen molar-refractivity contribution in [3.8, 4) is 5.75 Å². The van der Waals surface area contributed by atoms with Crippen molar-refractivity contribution in [2.75, 3.05) is 24.7 Å². The van der Waals surface area contributed by atoms with Gasteiger partial charge in [-0.2, -0.15) is 0 Å². The molecule has 1 saturated heterocycles. The fraction of sp³-hybridized carbons (Fsp3) is 0.267. The van der Waals surface area contributed by atoms with Crippen LogP contribution in [0.4, 0.5) is 10.5 Å². The van der Waals surface area contributed by atoms with Gasteiger partial charge in [-0.3, -0.25) is 0 Å². The highest BCUT2D eigenvalue weighted by molar-refractivity contribution is 7.99. The summed E-state index contributed by atoms with van der Waals surface area (Å²) >= 11 is 1.70. The third-order valence-corrected chi connectivity index (χ3v) is 4.50. The molecular formula is C15H16N2O3S. The van der Waals surface area contributed by atoms with Crippen molar-refractivity contribution < 1.29 is 13.9 Å². The topological polar surface area (TPSA) is 54.7 Å². The molecule has 1 aliphatic heterocycles. The molecule has 1 atom stereocenters. The number of ether oxygens (including phenoxy) is 1. The molecule has 0 saturated carbocycles. The predicted molar refractivity (Wildman–Crippen MR) is 82.6 cm³/mol. The first-order chi connectivity index (χ1) is 10.3. The van der Waals surface area contributed by atoms with Crippen LogP contribution in [-0.4, -0.2) is 30.3 Å². The van der Waals surface area contributed by atoms with E-state index in [4.69, 9.17) is 9.15 Å².